The molecule has 1 amide bonds. The molecule has 0 spiro atoms. The molecule has 1 aliphatic rings. The molecule has 63 heavy (non-hydrogen) atoms. The molecule has 1 saturated heterocycles. The van der Waals surface area contributed by atoms with E-state index in [2.05, 4.69) is 10.2 Å². The van der Waals surface area contributed by atoms with E-state index in [4.69, 9.17) is 17.3 Å². The first-order chi connectivity index (χ1) is 30.1. The second-order valence-electron chi connectivity index (χ2n) is 15.4. The van der Waals surface area contributed by atoms with Crippen LogP contribution in [0.5, 0.6) is 0 Å². The number of amides is 1. The van der Waals surface area contributed by atoms with E-state index in [-0.39, 0.29) is 34.7 Å². The topological polar surface area (TPSA) is 148 Å². The predicted octanol–water partition coefficient (Wildman–Crippen LogP) is 9.03. The Morgan fingerprint density at radius 3 is 2.30 bits per heavy atom. The van der Waals surface area contributed by atoms with Crippen molar-refractivity contribution in [2.24, 2.45) is 11.7 Å². The Balaban J connectivity index is 1.10. The highest BCUT2D eigenvalue weighted by Crippen LogP contribution is 2.42. The van der Waals surface area contributed by atoms with Crippen LogP contribution < -0.4 is 20.7 Å². The lowest BCUT2D eigenvalue weighted by Gasteiger charge is -2.36. The van der Waals surface area contributed by atoms with Crippen LogP contribution in [0, 0.1) is 5.92 Å². The highest BCUT2D eigenvalue weighted by molar-refractivity contribution is 8.00. The van der Waals surface area contributed by atoms with Gasteiger partial charge >= 0.3 is 5.51 Å². The molecule has 0 bridgehead atoms. The molecule has 0 radical (unpaired) electrons. The van der Waals surface area contributed by atoms with E-state index >= 15 is 0 Å². The molecule has 1 aliphatic heterocycles. The lowest BCUT2D eigenvalue weighted by Crippen LogP contribution is -2.36. The monoisotopic (exact) mass is 941 g/mol. The number of nitrogens with two attached hydrogens (primary N) is 1. The fraction of sp³-hybridized carbons (Fsp3) is 0.326. The van der Waals surface area contributed by atoms with Gasteiger partial charge in [-0.05, 0) is 140 Å². The molecule has 17 heteroatoms. The number of thioether (sulfide) groups is 2. The van der Waals surface area contributed by atoms with Gasteiger partial charge in [-0.1, -0.05) is 60.1 Å². The maximum atomic E-state index is 13.9. The third kappa shape index (κ3) is 13.6. The molecule has 6 rings (SSSR count). The number of halogens is 4. The predicted molar refractivity (Wildman–Crippen MR) is 248 cm³/mol. The summed E-state index contributed by atoms with van der Waals surface area (Å²) in [7, 11) is -2.75. The van der Waals surface area contributed by atoms with Crippen LogP contribution in [-0.2, 0) is 16.6 Å². The maximum Gasteiger partial charge on any atom is 0.446 e. The van der Waals surface area contributed by atoms with E-state index in [9.17, 15) is 36.6 Å². The van der Waals surface area contributed by atoms with Crippen LogP contribution in [0.25, 0.3) is 11.1 Å². The Morgan fingerprint density at radius 2 is 1.65 bits per heavy atom. The minimum absolute atomic E-state index is 0.0278. The van der Waals surface area contributed by atoms with Crippen molar-refractivity contribution in [1.29, 1.82) is 0 Å². The summed E-state index contributed by atoms with van der Waals surface area (Å²) in [5, 5.41) is 24.8. The Kier molecular flexibility index (Phi) is 16.9. The van der Waals surface area contributed by atoms with Crippen molar-refractivity contribution in [2.75, 3.05) is 55.8 Å². The summed E-state index contributed by atoms with van der Waals surface area (Å²) in [5.41, 5.74) is 5.77. The average molecular weight is 943 g/mol. The summed E-state index contributed by atoms with van der Waals surface area (Å²) in [4.78, 5) is 17.5. The van der Waals surface area contributed by atoms with Crippen LogP contribution in [0.4, 0.5) is 24.5 Å². The number of carbonyl (C=O) groups is 1. The zero-order valence-electron chi connectivity index (χ0n) is 34.6. The fourth-order valence-electron chi connectivity index (χ4n) is 7.45. The van der Waals surface area contributed by atoms with Crippen molar-refractivity contribution >= 4 is 62.4 Å². The highest BCUT2D eigenvalue weighted by Gasteiger charge is 2.33. The summed E-state index contributed by atoms with van der Waals surface area (Å²) >= 11 is 7.23. The Morgan fingerprint density at radius 1 is 0.952 bits per heavy atom. The van der Waals surface area contributed by atoms with E-state index in [0.29, 0.717) is 62.8 Å². The van der Waals surface area contributed by atoms with Gasteiger partial charge in [-0.3, -0.25) is 4.79 Å². The lowest BCUT2D eigenvalue weighted by molar-refractivity contribution is -0.0328. The van der Waals surface area contributed by atoms with Gasteiger partial charge in [-0.2, -0.15) is 13.2 Å². The summed E-state index contributed by atoms with van der Waals surface area (Å²) in [6, 6.07) is 32.4. The minimum Gasteiger partial charge on any atom is -0.395 e. The Bertz CT molecular complexity index is 2390. The second kappa shape index (κ2) is 22.1. The minimum atomic E-state index is -4.73. The smallest absolute Gasteiger partial charge is 0.395 e. The summed E-state index contributed by atoms with van der Waals surface area (Å²) in [6.45, 7) is 2.55. The standard InChI is InChI=1S/C46H51ClF3N5O5S3/c1-54(25-26-56)22-21-36(30-61-38-5-3-2-4-6-38)52-42-18-16-39(28-43(42)62-46(48,49)50)63(59,60)53-45(58)34-10-14-37(15-11-34)55-23-19-33(20-24-55)44(57)41-27-31(29-51)7-17-40(41)32-8-12-35(47)13-9-32/h2-18,27-28,33,36,44,52,56-57H,19-26,29-30,51H2,1H3,(H,53,58). The normalized spacial score (nSPS) is 14.7. The number of sulfonamides is 1. The summed E-state index contributed by atoms with van der Waals surface area (Å²) in [5.74, 6) is -0.461. The van der Waals surface area contributed by atoms with Crippen molar-refractivity contribution in [3.63, 3.8) is 0 Å². The maximum absolute atomic E-state index is 13.9. The Labute approximate surface area is 380 Å². The number of aliphatic hydroxyl groups excluding tert-OH is 2. The van der Waals surface area contributed by atoms with Gasteiger partial charge in [0.1, 0.15) is 0 Å². The lowest BCUT2D eigenvalue weighted by atomic mass is 9.83. The van der Waals surface area contributed by atoms with E-state index in [1.54, 1.807) is 12.1 Å². The van der Waals surface area contributed by atoms with Crippen molar-refractivity contribution in [3.05, 3.63) is 137 Å². The molecule has 5 aromatic rings. The van der Waals surface area contributed by atoms with Crippen LogP contribution in [0.3, 0.4) is 0 Å². The molecule has 1 fully saturated rings. The van der Waals surface area contributed by atoms with Gasteiger partial charge in [-0.15, -0.1) is 11.8 Å². The number of carbonyl (C=O) groups excluding carboxylic acids is 1. The number of likely N-dealkylation sites (N-methyl/N-ethyl adjacent to an activating group) is 1. The Hall–Kier alpha value is -4.26. The van der Waals surface area contributed by atoms with Crippen molar-refractivity contribution < 1.29 is 36.6 Å². The number of nitrogens with zero attached hydrogens (tertiary/aromatic N) is 2. The van der Waals surface area contributed by atoms with Crippen LogP contribution in [0.15, 0.2) is 130 Å². The number of anilines is 2. The van der Waals surface area contributed by atoms with E-state index in [1.165, 1.54) is 36.0 Å². The van der Waals surface area contributed by atoms with E-state index in [0.717, 1.165) is 38.9 Å². The van der Waals surface area contributed by atoms with Crippen LogP contribution >= 0.6 is 35.1 Å². The molecule has 0 aliphatic carbocycles. The fourth-order valence-corrected chi connectivity index (χ4v) is 10.3. The quantitative estimate of drug-likeness (QED) is 0.0506. The zero-order valence-corrected chi connectivity index (χ0v) is 37.8. The van der Waals surface area contributed by atoms with Gasteiger partial charge in [0.05, 0.1) is 17.6 Å². The number of nitrogens with one attached hydrogen (secondary N) is 2. The third-order valence-corrected chi connectivity index (χ3v) is 14.5. The number of aliphatic hydroxyl groups is 2. The summed E-state index contributed by atoms with van der Waals surface area (Å²) in [6.07, 6.45) is 1.17. The number of alkyl halides is 3. The van der Waals surface area contributed by atoms with Gasteiger partial charge in [0.15, 0.2) is 0 Å². The molecule has 1 heterocycles. The number of piperidine rings is 1. The molecule has 2 atom stereocenters. The SMILES string of the molecule is CN(CCO)CCC(CSc1ccccc1)Nc1ccc(S(=O)(=O)NC(=O)c2ccc(N3CCC(C(O)c4cc(CN)ccc4-c4ccc(Cl)cc4)CC3)cc2)cc1SC(F)(F)F. The number of rotatable bonds is 19. The van der Waals surface area contributed by atoms with Gasteiger partial charge in [0, 0.05) is 69.7 Å². The molecule has 6 N–H and O–H groups in total. The average Bonchev–Trinajstić information content (AvgIpc) is 3.27. The first kappa shape index (κ1) is 48.2. The van der Waals surface area contributed by atoms with Crippen LogP contribution in [0.1, 0.15) is 46.9 Å². The van der Waals surface area contributed by atoms with Crippen molar-refractivity contribution in [3.8, 4) is 11.1 Å². The van der Waals surface area contributed by atoms with E-state index < -0.39 is 44.2 Å². The molecule has 336 valence electrons. The van der Waals surface area contributed by atoms with Gasteiger partial charge in [0.2, 0.25) is 0 Å². The summed E-state index contributed by atoms with van der Waals surface area (Å²) < 4.78 is 70.7. The molecule has 5 aromatic carbocycles. The molecular formula is C46H51ClF3N5O5S3. The van der Waals surface area contributed by atoms with Gasteiger partial charge in [-0.25, -0.2) is 13.1 Å². The van der Waals surface area contributed by atoms with Crippen molar-refractivity contribution in [1.82, 2.24) is 9.62 Å². The molecule has 10 nitrogen and oxygen atoms in total. The zero-order chi connectivity index (χ0) is 45.1. The molecule has 0 aromatic heterocycles. The molecule has 2 unspecified atom stereocenters. The number of benzene rings is 5. The van der Waals surface area contributed by atoms with Gasteiger partial charge < -0.3 is 31.1 Å². The third-order valence-electron chi connectivity index (χ3n) is 10.9. The second-order valence-corrected chi connectivity index (χ2v) is 19.7. The molecule has 0 saturated carbocycles. The number of hydrogen-bond donors (Lipinski definition) is 5. The van der Waals surface area contributed by atoms with Crippen LogP contribution in [0.2, 0.25) is 5.02 Å². The van der Waals surface area contributed by atoms with E-state index in [1.807, 2.05) is 89.5 Å². The highest BCUT2D eigenvalue weighted by atomic mass is 35.5. The van der Waals surface area contributed by atoms with Crippen molar-refractivity contribution in [2.45, 2.75) is 58.1 Å². The first-order valence-electron chi connectivity index (χ1n) is 20.4. The first-order valence-corrected chi connectivity index (χ1v) is 24.1. The largest absolute Gasteiger partial charge is 0.446 e. The molecular weight excluding hydrogens is 891 g/mol. The van der Waals surface area contributed by atoms with Crippen LogP contribution in [-0.4, -0.2) is 86.6 Å². The van der Waals surface area contributed by atoms with Gasteiger partial charge in [0.25, 0.3) is 15.9 Å². The number of hydrogen-bond acceptors (Lipinski definition) is 11.